The number of hydrogen-bond donors (Lipinski definition) is 1. The van der Waals surface area contributed by atoms with Gasteiger partial charge in [-0.25, -0.2) is 0 Å². The van der Waals surface area contributed by atoms with Crippen molar-refractivity contribution in [2.75, 3.05) is 0 Å². The molecule has 0 unspecified atom stereocenters. The van der Waals surface area contributed by atoms with Gasteiger partial charge < -0.3 is 14.3 Å². The van der Waals surface area contributed by atoms with Crippen LogP contribution in [0.1, 0.15) is 58.3 Å². The lowest BCUT2D eigenvalue weighted by Crippen LogP contribution is -2.67. The van der Waals surface area contributed by atoms with E-state index >= 15 is 0 Å². The zero-order chi connectivity index (χ0) is 19.1. The Hall–Kier alpha value is -1.62. The fourth-order valence-corrected chi connectivity index (χ4v) is 6.05. The monoisotopic (exact) mass is 360 g/mol. The number of ketones is 1. The molecule has 5 atom stereocenters. The minimum Gasteiger partial charge on any atom is -0.458 e. The van der Waals surface area contributed by atoms with Crippen molar-refractivity contribution in [3.05, 3.63) is 27.6 Å². The van der Waals surface area contributed by atoms with Gasteiger partial charge >= 0.3 is 0 Å². The summed E-state index contributed by atoms with van der Waals surface area (Å²) in [5, 5.41) is 10.5. The number of aliphatic hydroxyl groups is 1. The van der Waals surface area contributed by atoms with Gasteiger partial charge in [0.2, 0.25) is 0 Å². The molecule has 0 bridgehead atoms. The Morgan fingerprint density at radius 1 is 1.12 bits per heavy atom. The first-order chi connectivity index (χ1) is 12.0. The van der Waals surface area contributed by atoms with E-state index in [-0.39, 0.29) is 34.9 Å². The molecule has 142 valence electrons. The topological polar surface area (TPSA) is 76.7 Å². The third-order valence-corrected chi connectivity index (χ3v) is 7.72. The van der Waals surface area contributed by atoms with Gasteiger partial charge in [-0.15, -0.1) is 0 Å². The number of rotatable bonds is 0. The molecule has 3 aliphatic rings. The molecular weight excluding hydrogens is 332 g/mol. The first-order valence-corrected chi connectivity index (χ1v) is 9.54. The van der Waals surface area contributed by atoms with Gasteiger partial charge in [-0.1, -0.05) is 20.8 Å². The van der Waals surface area contributed by atoms with Crippen LogP contribution in [0.15, 0.2) is 15.3 Å². The van der Waals surface area contributed by atoms with E-state index in [0.717, 1.165) is 12.8 Å². The molecule has 2 aliphatic carbocycles. The van der Waals surface area contributed by atoms with Crippen molar-refractivity contribution in [1.82, 2.24) is 0 Å². The summed E-state index contributed by atoms with van der Waals surface area (Å²) < 4.78 is 12.0. The highest BCUT2D eigenvalue weighted by molar-refractivity contribution is 5.87. The molecule has 0 saturated heterocycles. The highest BCUT2D eigenvalue weighted by atomic mass is 16.6. The van der Waals surface area contributed by atoms with Crippen LogP contribution in [-0.4, -0.2) is 22.6 Å². The molecule has 0 spiro atoms. The Bertz CT molecular complexity index is 837. The molecule has 4 rings (SSSR count). The predicted octanol–water partition coefficient (Wildman–Crippen LogP) is 3.03. The first-order valence-electron chi connectivity index (χ1n) is 9.54. The van der Waals surface area contributed by atoms with Gasteiger partial charge in [0.15, 0.2) is 5.43 Å². The van der Waals surface area contributed by atoms with E-state index < -0.39 is 17.1 Å². The van der Waals surface area contributed by atoms with Crippen LogP contribution in [0.2, 0.25) is 0 Å². The van der Waals surface area contributed by atoms with Crippen LogP contribution in [0.4, 0.5) is 0 Å². The van der Waals surface area contributed by atoms with E-state index in [2.05, 4.69) is 13.8 Å². The fourth-order valence-electron chi connectivity index (χ4n) is 6.05. The number of fused-ring (bicyclic) bond motifs is 4. The second kappa shape index (κ2) is 5.22. The van der Waals surface area contributed by atoms with Crippen molar-refractivity contribution in [3.8, 4) is 5.95 Å². The Labute approximate surface area is 153 Å². The zero-order valence-corrected chi connectivity index (χ0v) is 16.2. The molecule has 5 nitrogen and oxygen atoms in total. The molecule has 2 saturated carbocycles. The average molecular weight is 360 g/mol. The van der Waals surface area contributed by atoms with Crippen molar-refractivity contribution in [3.63, 3.8) is 0 Å². The third-order valence-electron chi connectivity index (χ3n) is 7.72. The van der Waals surface area contributed by atoms with Gasteiger partial charge in [-0.3, -0.25) is 9.59 Å². The number of hydrogen-bond acceptors (Lipinski definition) is 5. The molecule has 0 aromatic carbocycles. The van der Waals surface area contributed by atoms with E-state index in [1.807, 2.05) is 13.8 Å². The zero-order valence-electron chi connectivity index (χ0n) is 16.2. The third kappa shape index (κ3) is 2.13. The molecule has 1 aliphatic heterocycles. The molecule has 1 aromatic rings. The van der Waals surface area contributed by atoms with Crippen molar-refractivity contribution in [2.24, 2.45) is 22.7 Å². The lowest BCUT2D eigenvalue weighted by atomic mass is 9.43. The predicted molar refractivity (Wildman–Crippen MR) is 96.2 cm³/mol. The van der Waals surface area contributed by atoms with Crippen LogP contribution in [0.3, 0.4) is 0 Å². The smallest absolute Gasteiger partial charge is 0.292 e. The van der Waals surface area contributed by atoms with E-state index in [9.17, 15) is 14.7 Å². The second-order valence-electron chi connectivity index (χ2n) is 9.50. The number of aryl methyl sites for hydroxylation is 1. The highest BCUT2D eigenvalue weighted by Crippen LogP contribution is 2.63. The van der Waals surface area contributed by atoms with E-state index in [0.29, 0.717) is 23.7 Å². The average Bonchev–Trinajstić information content (AvgIpc) is 2.51. The van der Waals surface area contributed by atoms with Crippen LogP contribution < -0.4 is 10.2 Å². The summed E-state index contributed by atoms with van der Waals surface area (Å²) >= 11 is 0. The number of carbonyl (C=O) groups excluding carboxylic acids is 1. The van der Waals surface area contributed by atoms with Gasteiger partial charge in [0.25, 0.3) is 5.95 Å². The Morgan fingerprint density at radius 3 is 2.50 bits per heavy atom. The summed E-state index contributed by atoms with van der Waals surface area (Å²) in [5.74, 6) is 0.902. The second-order valence-corrected chi connectivity index (χ2v) is 9.50. The molecule has 1 N–H and O–H groups in total. The van der Waals surface area contributed by atoms with Crippen LogP contribution in [0, 0.1) is 29.6 Å². The SMILES string of the molecule is Cc1cc(=O)c2c(o1)O[C@]1(C)CC[C@@H]3C(C)(C)[C@H](O)CC(=O)[C@]3(C)[C@@H]1C2. The van der Waals surface area contributed by atoms with Crippen molar-refractivity contribution in [2.45, 2.75) is 72.0 Å². The fraction of sp³-hybridized carbons (Fsp3) is 0.714. The Morgan fingerprint density at radius 2 is 1.81 bits per heavy atom. The van der Waals surface area contributed by atoms with Crippen LogP contribution in [0.5, 0.6) is 5.95 Å². The molecular formula is C21H28O5. The van der Waals surface area contributed by atoms with Crippen LogP contribution >= 0.6 is 0 Å². The lowest BCUT2D eigenvalue weighted by molar-refractivity contribution is -0.197. The molecule has 26 heavy (non-hydrogen) atoms. The molecule has 5 heteroatoms. The maximum Gasteiger partial charge on any atom is 0.292 e. The number of ether oxygens (including phenoxy) is 1. The summed E-state index contributed by atoms with van der Waals surface area (Å²) in [4.78, 5) is 25.7. The minimum absolute atomic E-state index is 0.0620. The quantitative estimate of drug-likeness (QED) is 0.769. The van der Waals surface area contributed by atoms with Gasteiger partial charge in [0.05, 0.1) is 11.7 Å². The number of carbonyl (C=O) groups is 1. The summed E-state index contributed by atoms with van der Waals surface area (Å²) in [5.41, 5.74) is -1.06. The van der Waals surface area contributed by atoms with Crippen molar-refractivity contribution >= 4 is 5.78 Å². The maximum atomic E-state index is 13.2. The summed E-state index contributed by atoms with van der Waals surface area (Å²) in [6.07, 6.45) is 1.62. The normalized spacial score (nSPS) is 40.8. The molecule has 0 radical (unpaired) electrons. The molecule has 2 fully saturated rings. The Balaban J connectivity index is 1.86. The summed E-state index contributed by atoms with van der Waals surface area (Å²) in [7, 11) is 0. The summed E-state index contributed by atoms with van der Waals surface area (Å²) in [6, 6.07) is 1.49. The van der Waals surface area contributed by atoms with Gasteiger partial charge in [0.1, 0.15) is 17.1 Å². The molecule has 0 amide bonds. The Kier molecular flexibility index (Phi) is 3.57. The van der Waals surface area contributed by atoms with Gasteiger partial charge in [-0.2, -0.15) is 0 Å². The van der Waals surface area contributed by atoms with Crippen molar-refractivity contribution < 1.29 is 19.1 Å². The first kappa shape index (κ1) is 17.8. The molecule has 1 aromatic heterocycles. The molecule has 2 heterocycles. The lowest BCUT2D eigenvalue weighted by Gasteiger charge is -2.62. The number of Topliss-reactive ketones (excluding diaryl/α,β-unsaturated/α-hetero) is 1. The highest BCUT2D eigenvalue weighted by Gasteiger charge is 2.66. The summed E-state index contributed by atoms with van der Waals surface area (Å²) in [6.45, 7) is 9.93. The standard InChI is InChI=1S/C21H28O5/c1-11-8-13(22)12-9-15-20(4,26-18(12)25-11)7-6-14-19(2,3)16(23)10-17(24)21(14,15)5/h8,14-16,23H,6-7,9-10H2,1-5H3/t14-,15-,16-,20-,21+/m1/s1. The van der Waals surface area contributed by atoms with Crippen LogP contribution in [-0.2, 0) is 11.2 Å². The van der Waals surface area contributed by atoms with E-state index in [1.54, 1.807) is 6.92 Å². The van der Waals surface area contributed by atoms with Crippen molar-refractivity contribution in [1.29, 1.82) is 0 Å². The maximum absolute atomic E-state index is 13.2. The number of aliphatic hydroxyl groups excluding tert-OH is 1. The van der Waals surface area contributed by atoms with Crippen LogP contribution in [0.25, 0.3) is 0 Å². The van der Waals surface area contributed by atoms with Gasteiger partial charge in [-0.05, 0) is 44.4 Å². The minimum atomic E-state index is -0.623. The van der Waals surface area contributed by atoms with E-state index in [4.69, 9.17) is 9.15 Å². The largest absolute Gasteiger partial charge is 0.458 e. The van der Waals surface area contributed by atoms with Gasteiger partial charge in [0, 0.05) is 23.8 Å². The van der Waals surface area contributed by atoms with E-state index in [1.165, 1.54) is 6.07 Å².